The maximum Gasteiger partial charge on any atom is 0.410 e. The van der Waals surface area contributed by atoms with Crippen LogP contribution in [0.25, 0.3) is 0 Å². The zero-order valence-corrected chi connectivity index (χ0v) is 13.3. The van der Waals surface area contributed by atoms with Crippen molar-refractivity contribution in [1.82, 2.24) is 9.80 Å². The Labute approximate surface area is 121 Å². The van der Waals surface area contributed by atoms with E-state index in [9.17, 15) is 9.59 Å². The number of fused-ring (bicyclic) bond motifs is 1. The number of hydrogen-bond acceptors (Lipinski definition) is 4. The van der Waals surface area contributed by atoms with Gasteiger partial charge in [0.2, 0.25) is 0 Å². The molecular weight excluding hydrogens is 260 g/mol. The summed E-state index contributed by atoms with van der Waals surface area (Å²) in [4.78, 5) is 26.8. The average Bonchev–Trinajstić information content (AvgIpc) is 2.65. The molecule has 0 aliphatic carbocycles. The molecule has 2 atom stereocenters. The van der Waals surface area contributed by atoms with Crippen LogP contribution in [0.2, 0.25) is 0 Å². The van der Waals surface area contributed by atoms with Crippen LogP contribution in [0.4, 0.5) is 9.59 Å². The van der Waals surface area contributed by atoms with Gasteiger partial charge >= 0.3 is 12.2 Å². The molecule has 0 bridgehead atoms. The predicted molar refractivity (Wildman–Crippen MR) is 75.6 cm³/mol. The first-order valence-corrected chi connectivity index (χ1v) is 7.23. The van der Waals surface area contributed by atoms with E-state index in [4.69, 9.17) is 9.47 Å². The summed E-state index contributed by atoms with van der Waals surface area (Å²) in [6, 6.07) is -0.0567. The van der Waals surface area contributed by atoms with Gasteiger partial charge in [-0.15, -0.1) is 0 Å². The van der Waals surface area contributed by atoms with Crippen LogP contribution >= 0.6 is 0 Å². The van der Waals surface area contributed by atoms with E-state index < -0.39 is 5.60 Å². The molecule has 2 saturated heterocycles. The third kappa shape index (κ3) is 3.77. The Morgan fingerprint density at radius 1 is 1.30 bits per heavy atom. The smallest absolute Gasteiger partial charge is 0.410 e. The van der Waals surface area contributed by atoms with Crippen molar-refractivity contribution >= 4 is 12.2 Å². The molecule has 0 N–H and O–H groups in total. The molecule has 0 unspecified atom stereocenters. The van der Waals surface area contributed by atoms with Crippen LogP contribution in [0.5, 0.6) is 0 Å². The van der Waals surface area contributed by atoms with Gasteiger partial charge in [0, 0.05) is 19.6 Å². The second-order valence-corrected chi connectivity index (χ2v) is 5.78. The molecule has 0 radical (unpaired) electrons. The summed E-state index contributed by atoms with van der Waals surface area (Å²) in [6.45, 7) is 12.8. The Morgan fingerprint density at radius 3 is 2.45 bits per heavy atom. The molecule has 2 aliphatic heterocycles. The number of carbonyl (C=O) groups excluding carboxylic acids is 2. The van der Waals surface area contributed by atoms with Gasteiger partial charge in [-0.1, -0.05) is 13.8 Å². The Hall–Kier alpha value is -1.46. The maximum atomic E-state index is 11.9. The van der Waals surface area contributed by atoms with Gasteiger partial charge < -0.3 is 14.4 Å². The highest BCUT2D eigenvalue weighted by molar-refractivity contribution is 5.73. The van der Waals surface area contributed by atoms with Crippen molar-refractivity contribution in [2.75, 3.05) is 19.6 Å². The van der Waals surface area contributed by atoms with Crippen molar-refractivity contribution in [2.24, 2.45) is 0 Å². The van der Waals surface area contributed by atoms with Crippen LogP contribution in [-0.2, 0) is 9.47 Å². The Balaban J connectivity index is 0.000000956. The van der Waals surface area contributed by atoms with E-state index in [1.54, 1.807) is 9.80 Å². The minimum Gasteiger partial charge on any atom is -0.444 e. The monoisotopic (exact) mass is 286 g/mol. The van der Waals surface area contributed by atoms with Gasteiger partial charge in [-0.25, -0.2) is 9.59 Å². The number of nitrogens with zero attached hydrogens (tertiary/aromatic N) is 2. The minimum absolute atomic E-state index is 0.0567. The topological polar surface area (TPSA) is 59.1 Å². The van der Waals surface area contributed by atoms with E-state index in [1.165, 1.54) is 0 Å². The van der Waals surface area contributed by atoms with E-state index in [2.05, 4.69) is 0 Å². The van der Waals surface area contributed by atoms with E-state index in [0.717, 1.165) is 0 Å². The van der Waals surface area contributed by atoms with Crippen molar-refractivity contribution < 1.29 is 19.1 Å². The molecule has 0 aromatic rings. The highest BCUT2D eigenvalue weighted by atomic mass is 16.6. The number of hydrogen-bond donors (Lipinski definition) is 0. The van der Waals surface area contributed by atoms with E-state index in [-0.39, 0.29) is 24.3 Å². The summed E-state index contributed by atoms with van der Waals surface area (Å²) in [7, 11) is 0. The maximum absolute atomic E-state index is 11.9. The van der Waals surface area contributed by atoms with Crippen LogP contribution in [-0.4, -0.2) is 59.4 Å². The Bertz CT molecular complexity index is 365. The van der Waals surface area contributed by atoms with Gasteiger partial charge in [0.15, 0.2) is 0 Å². The summed E-state index contributed by atoms with van der Waals surface area (Å²) >= 11 is 0. The summed E-state index contributed by atoms with van der Waals surface area (Å²) in [5, 5.41) is 0. The first-order valence-electron chi connectivity index (χ1n) is 7.23. The van der Waals surface area contributed by atoms with Crippen molar-refractivity contribution in [3.8, 4) is 0 Å². The first kappa shape index (κ1) is 16.6. The molecule has 2 amide bonds. The summed E-state index contributed by atoms with van der Waals surface area (Å²) in [5.41, 5.74) is -0.498. The van der Waals surface area contributed by atoms with E-state index >= 15 is 0 Å². The molecule has 6 nitrogen and oxygen atoms in total. The highest BCUT2D eigenvalue weighted by Crippen LogP contribution is 2.24. The Morgan fingerprint density at radius 2 is 1.90 bits per heavy atom. The lowest BCUT2D eigenvalue weighted by molar-refractivity contribution is 0.0106. The van der Waals surface area contributed by atoms with Crippen molar-refractivity contribution in [3.63, 3.8) is 0 Å². The number of rotatable bonds is 0. The van der Waals surface area contributed by atoms with Crippen LogP contribution in [0.15, 0.2) is 0 Å². The van der Waals surface area contributed by atoms with Crippen LogP contribution < -0.4 is 0 Å². The van der Waals surface area contributed by atoms with Gasteiger partial charge in [0.1, 0.15) is 11.7 Å². The Kier molecular flexibility index (Phi) is 5.25. The lowest BCUT2D eigenvalue weighted by Gasteiger charge is -2.37. The average molecular weight is 286 g/mol. The SMILES string of the molecule is CC.C[C@@H]1OC(=O)N2CCN(C(=O)OC(C)(C)C)C[C@@H]12. The molecule has 0 aromatic heterocycles. The fourth-order valence-corrected chi connectivity index (χ4v) is 2.24. The molecule has 0 spiro atoms. The largest absolute Gasteiger partial charge is 0.444 e. The van der Waals surface area contributed by atoms with Gasteiger partial charge in [0.25, 0.3) is 0 Å². The second kappa shape index (κ2) is 6.33. The third-order valence-electron chi connectivity index (χ3n) is 3.13. The van der Waals surface area contributed by atoms with Crippen LogP contribution in [0.3, 0.4) is 0 Å². The summed E-state index contributed by atoms with van der Waals surface area (Å²) in [6.07, 6.45) is -0.784. The quantitative estimate of drug-likeness (QED) is 0.686. The van der Waals surface area contributed by atoms with Crippen molar-refractivity contribution in [2.45, 2.75) is 59.3 Å². The molecule has 2 heterocycles. The standard InChI is InChI=1S/C12H20N2O4.C2H6/c1-8-9-7-13(10(15)18-12(2,3)4)5-6-14(9)11(16)17-8;1-2/h8-9H,5-7H2,1-4H3;1-2H3/t8-,9-;/m0./s1. The van der Waals surface area contributed by atoms with Gasteiger partial charge in [-0.3, -0.25) is 4.90 Å². The van der Waals surface area contributed by atoms with E-state index in [0.29, 0.717) is 19.6 Å². The third-order valence-corrected chi connectivity index (χ3v) is 3.13. The van der Waals surface area contributed by atoms with Crippen molar-refractivity contribution in [1.29, 1.82) is 0 Å². The molecule has 20 heavy (non-hydrogen) atoms. The highest BCUT2D eigenvalue weighted by Gasteiger charge is 2.44. The lowest BCUT2D eigenvalue weighted by atomic mass is 10.1. The van der Waals surface area contributed by atoms with E-state index in [1.807, 2.05) is 41.5 Å². The zero-order valence-electron chi connectivity index (χ0n) is 13.3. The number of piperazine rings is 1. The predicted octanol–water partition coefficient (Wildman–Crippen LogP) is 2.47. The van der Waals surface area contributed by atoms with Crippen LogP contribution in [0.1, 0.15) is 41.5 Å². The molecular formula is C14H26N2O4. The number of carbonyl (C=O) groups is 2. The molecule has 0 saturated carbocycles. The lowest BCUT2D eigenvalue weighted by Crippen LogP contribution is -2.55. The fourth-order valence-electron chi connectivity index (χ4n) is 2.24. The number of cyclic esters (lactones) is 1. The molecule has 116 valence electrons. The van der Waals surface area contributed by atoms with Crippen molar-refractivity contribution in [3.05, 3.63) is 0 Å². The first-order chi connectivity index (χ1) is 9.28. The van der Waals surface area contributed by atoms with Gasteiger partial charge in [0.05, 0.1) is 6.04 Å². The summed E-state index contributed by atoms with van der Waals surface area (Å²) < 4.78 is 10.5. The molecule has 2 fully saturated rings. The molecule has 0 aromatic carbocycles. The molecule has 6 heteroatoms. The number of ether oxygens (including phenoxy) is 2. The second-order valence-electron chi connectivity index (χ2n) is 5.78. The number of amides is 2. The summed E-state index contributed by atoms with van der Waals surface area (Å²) in [5.74, 6) is 0. The zero-order chi connectivity index (χ0) is 15.5. The fraction of sp³-hybridized carbons (Fsp3) is 0.857. The van der Waals surface area contributed by atoms with Gasteiger partial charge in [-0.2, -0.15) is 0 Å². The van der Waals surface area contributed by atoms with Gasteiger partial charge in [-0.05, 0) is 27.7 Å². The normalized spacial score (nSPS) is 25.4. The minimum atomic E-state index is -0.498. The molecule has 2 aliphatic rings. The molecule has 2 rings (SSSR count). The van der Waals surface area contributed by atoms with Crippen LogP contribution in [0, 0.1) is 0 Å².